The monoisotopic (exact) mass is 235 g/mol. The molecule has 1 heterocycles. The van der Waals surface area contributed by atoms with Gasteiger partial charge < -0.3 is 16.2 Å². The number of rotatable bonds is 4. The first-order chi connectivity index (χ1) is 8.15. The third kappa shape index (κ3) is 2.69. The summed E-state index contributed by atoms with van der Waals surface area (Å²) in [6.45, 7) is 2.94. The molecule has 0 saturated heterocycles. The van der Waals surface area contributed by atoms with Crippen molar-refractivity contribution in [2.45, 2.75) is 32.6 Å². The van der Waals surface area contributed by atoms with Gasteiger partial charge in [-0.3, -0.25) is 0 Å². The lowest BCUT2D eigenvalue weighted by Crippen LogP contribution is -2.31. The Labute approximate surface area is 102 Å². The van der Waals surface area contributed by atoms with Crippen molar-refractivity contribution >= 4 is 11.5 Å². The lowest BCUT2D eigenvalue weighted by atomic mass is 9.87. The minimum Gasteiger partial charge on any atom is -0.396 e. The number of anilines is 2. The van der Waals surface area contributed by atoms with E-state index >= 15 is 0 Å². The fourth-order valence-electron chi connectivity index (χ4n) is 2.50. The Balaban J connectivity index is 2.03. The van der Waals surface area contributed by atoms with Crippen LogP contribution in [0.15, 0.2) is 12.1 Å². The number of hydrogen-bond acceptors (Lipinski definition) is 4. The van der Waals surface area contributed by atoms with Gasteiger partial charge in [-0.05, 0) is 31.9 Å². The van der Waals surface area contributed by atoms with Crippen LogP contribution in [0, 0.1) is 12.3 Å². The zero-order valence-corrected chi connectivity index (χ0v) is 10.4. The molecule has 1 aliphatic rings. The van der Waals surface area contributed by atoms with Crippen LogP contribution in [-0.4, -0.2) is 23.2 Å². The van der Waals surface area contributed by atoms with E-state index in [9.17, 15) is 5.11 Å². The summed E-state index contributed by atoms with van der Waals surface area (Å²) in [6, 6.07) is 3.77. The van der Waals surface area contributed by atoms with Crippen LogP contribution in [0.3, 0.4) is 0 Å². The SMILES string of the molecule is Cc1ccc(N)c(NCC2(CO)CCCC2)n1. The van der Waals surface area contributed by atoms with Crippen molar-refractivity contribution < 1.29 is 5.11 Å². The molecule has 2 rings (SSSR count). The number of aryl methyl sites for hydroxylation is 1. The second-order valence-electron chi connectivity index (χ2n) is 5.11. The van der Waals surface area contributed by atoms with Crippen LogP contribution < -0.4 is 11.1 Å². The molecule has 0 aromatic carbocycles. The van der Waals surface area contributed by atoms with Crippen LogP contribution in [-0.2, 0) is 0 Å². The van der Waals surface area contributed by atoms with Crippen molar-refractivity contribution in [1.82, 2.24) is 4.98 Å². The average molecular weight is 235 g/mol. The van der Waals surface area contributed by atoms with Gasteiger partial charge in [-0.15, -0.1) is 0 Å². The second kappa shape index (κ2) is 4.92. The molecule has 4 heteroatoms. The molecule has 0 unspecified atom stereocenters. The van der Waals surface area contributed by atoms with Crippen molar-refractivity contribution in [1.29, 1.82) is 0 Å². The average Bonchev–Trinajstić information content (AvgIpc) is 2.80. The fraction of sp³-hybridized carbons (Fsp3) is 0.615. The van der Waals surface area contributed by atoms with E-state index in [4.69, 9.17) is 5.73 Å². The summed E-state index contributed by atoms with van der Waals surface area (Å²) in [4.78, 5) is 4.38. The molecule has 0 bridgehead atoms. The molecule has 1 aromatic heterocycles. The summed E-state index contributed by atoms with van der Waals surface area (Å²) < 4.78 is 0. The van der Waals surface area contributed by atoms with E-state index in [0.29, 0.717) is 5.69 Å². The van der Waals surface area contributed by atoms with Gasteiger partial charge in [-0.25, -0.2) is 4.98 Å². The molecule has 0 amide bonds. The molecule has 17 heavy (non-hydrogen) atoms. The Bertz CT molecular complexity index is 386. The van der Waals surface area contributed by atoms with Crippen molar-refractivity contribution in [2.75, 3.05) is 24.2 Å². The minimum atomic E-state index is 0.0257. The van der Waals surface area contributed by atoms with Crippen LogP contribution in [0.5, 0.6) is 0 Å². The Hall–Kier alpha value is -1.29. The van der Waals surface area contributed by atoms with E-state index in [1.54, 1.807) is 0 Å². The predicted octanol–water partition coefficient (Wildman–Crippen LogP) is 1.94. The lowest BCUT2D eigenvalue weighted by molar-refractivity contribution is 0.142. The van der Waals surface area contributed by atoms with Crippen LogP contribution in [0.1, 0.15) is 31.4 Å². The van der Waals surface area contributed by atoms with Gasteiger partial charge in [0.25, 0.3) is 0 Å². The smallest absolute Gasteiger partial charge is 0.149 e. The van der Waals surface area contributed by atoms with E-state index in [-0.39, 0.29) is 12.0 Å². The Kier molecular flexibility index (Phi) is 3.52. The summed E-state index contributed by atoms with van der Waals surface area (Å²) in [6.07, 6.45) is 4.59. The minimum absolute atomic E-state index is 0.0257. The number of hydrogen-bond donors (Lipinski definition) is 3. The van der Waals surface area contributed by atoms with E-state index in [2.05, 4.69) is 10.3 Å². The summed E-state index contributed by atoms with van der Waals surface area (Å²) in [5.74, 6) is 0.740. The maximum Gasteiger partial charge on any atom is 0.149 e. The third-order valence-electron chi connectivity index (χ3n) is 3.70. The van der Waals surface area contributed by atoms with Crippen LogP contribution in [0.25, 0.3) is 0 Å². The van der Waals surface area contributed by atoms with Gasteiger partial charge in [0.15, 0.2) is 0 Å². The number of aromatic nitrogens is 1. The second-order valence-corrected chi connectivity index (χ2v) is 5.11. The highest BCUT2D eigenvalue weighted by atomic mass is 16.3. The molecule has 1 fully saturated rings. The van der Waals surface area contributed by atoms with Crippen LogP contribution >= 0.6 is 0 Å². The fourth-order valence-corrected chi connectivity index (χ4v) is 2.50. The first-order valence-electron chi connectivity index (χ1n) is 6.23. The highest BCUT2D eigenvalue weighted by Crippen LogP contribution is 2.37. The first-order valence-corrected chi connectivity index (χ1v) is 6.23. The highest BCUT2D eigenvalue weighted by Gasteiger charge is 2.33. The van der Waals surface area contributed by atoms with Crippen molar-refractivity contribution in [3.8, 4) is 0 Å². The lowest BCUT2D eigenvalue weighted by Gasteiger charge is -2.27. The van der Waals surface area contributed by atoms with E-state index < -0.39 is 0 Å². The summed E-state index contributed by atoms with van der Waals surface area (Å²) >= 11 is 0. The van der Waals surface area contributed by atoms with Crippen molar-refractivity contribution in [3.63, 3.8) is 0 Å². The molecule has 1 aromatic rings. The van der Waals surface area contributed by atoms with Gasteiger partial charge >= 0.3 is 0 Å². The molecule has 0 atom stereocenters. The van der Waals surface area contributed by atoms with Crippen LogP contribution in [0.4, 0.5) is 11.5 Å². The van der Waals surface area contributed by atoms with Crippen molar-refractivity contribution in [2.24, 2.45) is 5.41 Å². The van der Waals surface area contributed by atoms with Gasteiger partial charge in [0.05, 0.1) is 12.3 Å². The molecule has 0 aliphatic heterocycles. The standard InChI is InChI=1S/C13H21N3O/c1-10-4-5-11(14)12(16-10)15-8-13(9-17)6-2-3-7-13/h4-5,17H,2-3,6-9,14H2,1H3,(H,15,16). The Morgan fingerprint density at radius 3 is 2.76 bits per heavy atom. The van der Waals surface area contributed by atoms with Gasteiger partial charge in [0, 0.05) is 17.7 Å². The maximum atomic E-state index is 9.53. The molecule has 1 aliphatic carbocycles. The normalized spacial score (nSPS) is 18.2. The molecule has 0 radical (unpaired) electrons. The van der Waals surface area contributed by atoms with Gasteiger partial charge in [0.2, 0.25) is 0 Å². The van der Waals surface area contributed by atoms with E-state index in [0.717, 1.165) is 30.9 Å². The zero-order valence-electron chi connectivity index (χ0n) is 10.4. The maximum absolute atomic E-state index is 9.53. The topological polar surface area (TPSA) is 71.2 Å². The number of aliphatic hydroxyl groups is 1. The van der Waals surface area contributed by atoms with Crippen molar-refractivity contribution in [3.05, 3.63) is 17.8 Å². The first kappa shape index (κ1) is 12.2. The number of pyridine rings is 1. The summed E-state index contributed by atoms with van der Waals surface area (Å²) in [5, 5.41) is 12.8. The molecule has 0 spiro atoms. The molecule has 94 valence electrons. The number of nitrogens with two attached hydrogens (primary N) is 1. The van der Waals surface area contributed by atoms with Gasteiger partial charge in [-0.2, -0.15) is 0 Å². The molecule has 4 N–H and O–H groups in total. The summed E-state index contributed by atoms with van der Waals surface area (Å²) in [7, 11) is 0. The van der Waals surface area contributed by atoms with E-state index in [1.165, 1.54) is 12.8 Å². The number of nitrogen functional groups attached to an aromatic ring is 1. The molecule has 4 nitrogen and oxygen atoms in total. The largest absolute Gasteiger partial charge is 0.396 e. The van der Waals surface area contributed by atoms with Gasteiger partial charge in [0.1, 0.15) is 5.82 Å². The molecular weight excluding hydrogens is 214 g/mol. The third-order valence-corrected chi connectivity index (χ3v) is 3.70. The summed E-state index contributed by atoms with van der Waals surface area (Å²) in [5.41, 5.74) is 7.52. The predicted molar refractivity (Wildman–Crippen MR) is 69.9 cm³/mol. The Morgan fingerprint density at radius 2 is 2.12 bits per heavy atom. The number of nitrogens with zero attached hydrogens (tertiary/aromatic N) is 1. The van der Waals surface area contributed by atoms with E-state index in [1.807, 2.05) is 19.1 Å². The Morgan fingerprint density at radius 1 is 1.41 bits per heavy atom. The van der Waals surface area contributed by atoms with Gasteiger partial charge in [-0.1, -0.05) is 12.8 Å². The highest BCUT2D eigenvalue weighted by molar-refractivity contribution is 5.61. The quantitative estimate of drug-likeness (QED) is 0.746. The molecule has 1 saturated carbocycles. The van der Waals surface area contributed by atoms with Crippen LogP contribution in [0.2, 0.25) is 0 Å². The zero-order chi connectivity index (χ0) is 12.3. The number of nitrogens with one attached hydrogen (secondary N) is 1. The molecular formula is C13H21N3O. The number of aliphatic hydroxyl groups excluding tert-OH is 1.